The van der Waals surface area contributed by atoms with Gasteiger partial charge >= 0.3 is 0 Å². The van der Waals surface area contributed by atoms with Crippen LogP contribution in [0, 0.1) is 17.0 Å². The van der Waals surface area contributed by atoms with Gasteiger partial charge in [0.05, 0.1) is 10.3 Å². The van der Waals surface area contributed by atoms with Crippen LogP contribution in [0.5, 0.6) is 0 Å². The smallest absolute Gasteiger partial charge is 0.270 e. The summed E-state index contributed by atoms with van der Waals surface area (Å²) in [6, 6.07) is 8.53. The van der Waals surface area contributed by atoms with E-state index in [9.17, 15) is 14.9 Å². The molecule has 1 heterocycles. The average molecular weight is 442 g/mol. The molecule has 0 bridgehead atoms. The highest BCUT2D eigenvalue weighted by atomic mass is 32.1. The van der Waals surface area contributed by atoms with Gasteiger partial charge in [-0.25, -0.2) is 0 Å². The second kappa shape index (κ2) is 10.7. The van der Waals surface area contributed by atoms with Crippen LogP contribution in [0.1, 0.15) is 45.1 Å². The minimum absolute atomic E-state index is 0.0548. The number of nitrogens with one attached hydrogen (secondary N) is 1. The summed E-state index contributed by atoms with van der Waals surface area (Å²) in [6.07, 6.45) is 4.74. The van der Waals surface area contributed by atoms with Crippen molar-refractivity contribution in [2.24, 2.45) is 0 Å². The molecule has 166 valence electrons. The number of nitro groups is 1. The van der Waals surface area contributed by atoms with Crippen LogP contribution in [0.2, 0.25) is 0 Å². The van der Waals surface area contributed by atoms with Gasteiger partial charge in [-0.05, 0) is 50.6 Å². The van der Waals surface area contributed by atoms with Crippen LogP contribution in [0.15, 0.2) is 35.1 Å². The number of benzene rings is 2. The second-order valence-electron chi connectivity index (χ2n) is 7.98. The SMILES string of the molecule is CCCCN(CCCC)CCNc1ccc(C)c2sc3ccc([N+](=O)[O-])cc3c(=O)c12. The van der Waals surface area contributed by atoms with Crippen molar-refractivity contribution in [3.63, 3.8) is 0 Å². The number of non-ortho nitro benzene ring substituents is 1. The van der Waals surface area contributed by atoms with E-state index in [-0.39, 0.29) is 11.1 Å². The molecule has 0 spiro atoms. The van der Waals surface area contributed by atoms with E-state index >= 15 is 0 Å². The lowest BCUT2D eigenvalue weighted by atomic mass is 10.1. The monoisotopic (exact) mass is 441 g/mol. The third-order valence-corrected chi connectivity index (χ3v) is 6.92. The van der Waals surface area contributed by atoms with E-state index in [4.69, 9.17) is 0 Å². The van der Waals surface area contributed by atoms with E-state index in [1.54, 1.807) is 6.07 Å². The molecular weight excluding hydrogens is 410 g/mol. The lowest BCUT2D eigenvalue weighted by Gasteiger charge is -2.22. The maximum absolute atomic E-state index is 13.3. The fraction of sp³-hybridized carbons (Fsp3) is 0.458. The largest absolute Gasteiger partial charge is 0.383 e. The normalized spacial score (nSPS) is 11.5. The number of nitro benzene ring substituents is 1. The van der Waals surface area contributed by atoms with Crippen LogP contribution in [0.25, 0.3) is 20.2 Å². The van der Waals surface area contributed by atoms with E-state index in [1.807, 2.05) is 19.1 Å². The first-order chi connectivity index (χ1) is 15.0. The van der Waals surface area contributed by atoms with Crippen LogP contribution >= 0.6 is 11.3 Å². The number of unbranched alkanes of at least 4 members (excludes halogenated alkanes) is 2. The quantitative estimate of drug-likeness (QED) is 0.226. The van der Waals surface area contributed by atoms with Gasteiger partial charge < -0.3 is 10.2 Å². The van der Waals surface area contributed by atoms with Crippen molar-refractivity contribution in [1.82, 2.24) is 4.90 Å². The number of hydrogen-bond donors (Lipinski definition) is 1. The molecule has 0 amide bonds. The van der Waals surface area contributed by atoms with Crippen LogP contribution in [-0.4, -0.2) is 36.0 Å². The number of hydrogen-bond acceptors (Lipinski definition) is 6. The summed E-state index contributed by atoms with van der Waals surface area (Å²) in [4.78, 5) is 26.6. The highest BCUT2D eigenvalue weighted by Crippen LogP contribution is 2.32. The Morgan fingerprint density at radius 2 is 1.77 bits per heavy atom. The summed E-state index contributed by atoms with van der Waals surface area (Å²) in [6.45, 7) is 10.3. The zero-order valence-electron chi connectivity index (χ0n) is 18.6. The minimum atomic E-state index is -0.454. The average Bonchev–Trinajstić information content (AvgIpc) is 2.76. The Morgan fingerprint density at radius 1 is 1.06 bits per heavy atom. The third-order valence-electron chi connectivity index (χ3n) is 5.61. The van der Waals surface area contributed by atoms with E-state index < -0.39 is 4.92 Å². The van der Waals surface area contributed by atoms with Crippen LogP contribution in [0.3, 0.4) is 0 Å². The number of nitrogens with zero attached hydrogens (tertiary/aromatic N) is 2. The molecule has 0 aliphatic rings. The molecule has 7 heteroatoms. The zero-order valence-corrected chi connectivity index (χ0v) is 19.4. The first kappa shape index (κ1) is 23.2. The molecular formula is C24H31N3O3S. The van der Waals surface area contributed by atoms with Gasteiger partial charge in [-0.15, -0.1) is 11.3 Å². The van der Waals surface area contributed by atoms with Crippen LogP contribution < -0.4 is 10.7 Å². The fourth-order valence-corrected chi connectivity index (χ4v) is 4.93. The summed E-state index contributed by atoms with van der Waals surface area (Å²) >= 11 is 1.52. The molecule has 0 unspecified atom stereocenters. The molecule has 31 heavy (non-hydrogen) atoms. The molecule has 0 saturated heterocycles. The third kappa shape index (κ3) is 5.40. The van der Waals surface area contributed by atoms with E-state index in [0.717, 1.165) is 46.8 Å². The molecule has 2 aromatic carbocycles. The van der Waals surface area contributed by atoms with Gasteiger partial charge in [0, 0.05) is 45.7 Å². The lowest BCUT2D eigenvalue weighted by Crippen LogP contribution is -2.31. The molecule has 0 aliphatic heterocycles. The summed E-state index contributed by atoms with van der Waals surface area (Å²) < 4.78 is 1.71. The van der Waals surface area contributed by atoms with Crippen molar-refractivity contribution in [1.29, 1.82) is 0 Å². The Bertz CT molecular complexity index is 1120. The van der Waals surface area contributed by atoms with E-state index in [2.05, 4.69) is 24.1 Å². The number of anilines is 1. The number of rotatable bonds is 11. The Balaban J connectivity index is 1.92. The van der Waals surface area contributed by atoms with Crippen molar-refractivity contribution >= 4 is 42.9 Å². The number of aryl methyl sites for hydroxylation is 1. The van der Waals surface area contributed by atoms with Gasteiger partial charge in [0.1, 0.15) is 0 Å². The standard InChI is InChI=1S/C24H31N3O3S/c1-4-6-13-26(14-7-5-2)15-12-25-20-10-8-17(3)24-22(20)23(28)19-16-18(27(29)30)9-11-21(19)31-24/h8-11,16,25H,4-7,12-15H2,1-3H3. The van der Waals surface area contributed by atoms with Gasteiger partial charge in [0.2, 0.25) is 0 Å². The second-order valence-corrected chi connectivity index (χ2v) is 9.03. The van der Waals surface area contributed by atoms with Crippen molar-refractivity contribution in [3.8, 4) is 0 Å². The van der Waals surface area contributed by atoms with Crippen molar-refractivity contribution in [2.45, 2.75) is 46.5 Å². The summed E-state index contributed by atoms with van der Waals surface area (Å²) in [7, 11) is 0. The van der Waals surface area contributed by atoms with E-state index in [1.165, 1.54) is 49.2 Å². The molecule has 3 rings (SSSR count). The van der Waals surface area contributed by atoms with Crippen molar-refractivity contribution < 1.29 is 4.92 Å². The van der Waals surface area contributed by atoms with Crippen LogP contribution in [0.4, 0.5) is 11.4 Å². The highest BCUT2D eigenvalue weighted by Gasteiger charge is 2.15. The number of fused-ring (bicyclic) bond motifs is 2. The molecule has 0 atom stereocenters. The summed E-state index contributed by atoms with van der Waals surface area (Å²) in [5, 5.41) is 15.7. The van der Waals surface area contributed by atoms with E-state index in [0.29, 0.717) is 10.8 Å². The maximum Gasteiger partial charge on any atom is 0.270 e. The summed E-state index contributed by atoms with van der Waals surface area (Å²) in [5.74, 6) is 0. The van der Waals surface area contributed by atoms with Crippen LogP contribution in [-0.2, 0) is 0 Å². The Hall–Kier alpha value is -2.51. The predicted molar refractivity (Wildman–Crippen MR) is 132 cm³/mol. The first-order valence-electron chi connectivity index (χ1n) is 11.1. The lowest BCUT2D eigenvalue weighted by molar-refractivity contribution is -0.384. The molecule has 0 fully saturated rings. The zero-order chi connectivity index (χ0) is 22.4. The summed E-state index contributed by atoms with van der Waals surface area (Å²) in [5.41, 5.74) is 1.64. The fourth-order valence-electron chi connectivity index (χ4n) is 3.78. The minimum Gasteiger partial charge on any atom is -0.383 e. The van der Waals surface area contributed by atoms with Gasteiger partial charge in [0.15, 0.2) is 5.43 Å². The Kier molecular flexibility index (Phi) is 7.98. The Morgan fingerprint density at radius 3 is 2.42 bits per heavy atom. The topological polar surface area (TPSA) is 75.5 Å². The van der Waals surface area contributed by atoms with Gasteiger partial charge in [0.25, 0.3) is 5.69 Å². The van der Waals surface area contributed by atoms with Crippen molar-refractivity contribution in [3.05, 3.63) is 56.2 Å². The predicted octanol–water partition coefficient (Wildman–Crippen LogP) is 5.95. The van der Waals surface area contributed by atoms with Gasteiger partial charge in [-0.2, -0.15) is 0 Å². The molecule has 0 saturated carbocycles. The van der Waals surface area contributed by atoms with Gasteiger partial charge in [-0.3, -0.25) is 14.9 Å². The molecule has 1 aromatic heterocycles. The molecule has 3 aromatic rings. The first-order valence-corrected chi connectivity index (χ1v) is 11.9. The van der Waals surface area contributed by atoms with Crippen molar-refractivity contribution in [2.75, 3.05) is 31.5 Å². The van der Waals surface area contributed by atoms with Gasteiger partial charge in [-0.1, -0.05) is 32.8 Å². The Labute approximate surface area is 187 Å². The molecule has 6 nitrogen and oxygen atoms in total. The molecule has 0 radical (unpaired) electrons. The maximum atomic E-state index is 13.3. The molecule has 1 N–H and O–H groups in total. The highest BCUT2D eigenvalue weighted by molar-refractivity contribution is 7.24. The molecule has 0 aliphatic carbocycles.